The molecule has 2 atom stereocenters. The van der Waals surface area contributed by atoms with Crippen LogP contribution in [0.2, 0.25) is 0 Å². The van der Waals surface area contributed by atoms with Crippen LogP contribution in [-0.4, -0.2) is 28.3 Å². The molecule has 1 N–H and O–H groups in total. The van der Waals surface area contributed by atoms with Crippen molar-refractivity contribution in [1.29, 1.82) is 0 Å². The molecule has 2 unspecified atom stereocenters. The Labute approximate surface area is 117 Å². The Bertz CT molecular complexity index is 483. The number of thiazole rings is 1. The average Bonchev–Trinajstić information content (AvgIpc) is 3.07. The van der Waals surface area contributed by atoms with Gasteiger partial charge in [-0.3, -0.25) is 0 Å². The molecule has 0 saturated carbocycles. The van der Waals surface area contributed by atoms with E-state index in [0.29, 0.717) is 6.61 Å². The fourth-order valence-corrected chi connectivity index (χ4v) is 2.78. The third kappa shape index (κ3) is 3.33. The van der Waals surface area contributed by atoms with E-state index >= 15 is 0 Å². The first-order valence-electron chi connectivity index (χ1n) is 6.44. The zero-order valence-corrected chi connectivity index (χ0v) is 12.4. The molecule has 6 heteroatoms. The second-order valence-corrected chi connectivity index (χ2v) is 5.36. The van der Waals surface area contributed by atoms with E-state index in [0.717, 1.165) is 17.4 Å². The largest absolute Gasteiger partial charge is 0.383 e. The number of anilines is 1. The van der Waals surface area contributed by atoms with E-state index < -0.39 is 0 Å². The van der Waals surface area contributed by atoms with E-state index in [4.69, 9.17) is 4.74 Å². The molecule has 0 spiro atoms. The van der Waals surface area contributed by atoms with Crippen molar-refractivity contribution in [3.63, 3.8) is 0 Å². The lowest BCUT2D eigenvalue weighted by molar-refractivity contribution is 0.163. The standard InChI is InChI=1S/C13H20N4OS/c1-4-11(12-14-6-8-19-12)16-13-15-5-7-17(13)10(2)9-18-3/h5-8,10-11H,4,9H2,1-3H3,(H,15,16). The molecule has 0 aliphatic rings. The number of hydrogen-bond donors (Lipinski definition) is 1. The molecule has 2 heterocycles. The normalized spacial score (nSPS) is 14.3. The minimum atomic E-state index is 0.205. The van der Waals surface area contributed by atoms with Gasteiger partial charge in [-0.25, -0.2) is 9.97 Å². The average molecular weight is 280 g/mol. The Kier molecular flexibility index (Phi) is 4.93. The highest BCUT2D eigenvalue weighted by atomic mass is 32.1. The Hall–Kier alpha value is -1.40. The number of rotatable bonds is 7. The number of methoxy groups -OCH3 is 1. The number of ether oxygens (including phenoxy) is 1. The zero-order chi connectivity index (χ0) is 13.7. The van der Waals surface area contributed by atoms with Gasteiger partial charge < -0.3 is 14.6 Å². The summed E-state index contributed by atoms with van der Waals surface area (Å²) in [6.07, 6.45) is 6.59. The monoisotopic (exact) mass is 280 g/mol. The topological polar surface area (TPSA) is 52.0 Å². The van der Waals surface area contributed by atoms with E-state index in [9.17, 15) is 0 Å². The summed E-state index contributed by atoms with van der Waals surface area (Å²) < 4.78 is 7.30. The SMILES string of the molecule is CCC(Nc1nccn1C(C)COC)c1nccs1. The lowest BCUT2D eigenvalue weighted by Gasteiger charge is -2.20. The predicted octanol–water partition coefficient (Wildman–Crippen LogP) is 3.11. The van der Waals surface area contributed by atoms with Crippen LogP contribution in [0.3, 0.4) is 0 Å². The van der Waals surface area contributed by atoms with Crippen LogP contribution in [0.1, 0.15) is 37.4 Å². The lowest BCUT2D eigenvalue weighted by Crippen LogP contribution is -2.17. The van der Waals surface area contributed by atoms with E-state index in [1.54, 1.807) is 18.4 Å². The molecule has 0 aliphatic carbocycles. The summed E-state index contributed by atoms with van der Waals surface area (Å²) >= 11 is 1.67. The van der Waals surface area contributed by atoms with Gasteiger partial charge >= 0.3 is 0 Å². The Morgan fingerprint density at radius 2 is 2.26 bits per heavy atom. The summed E-state index contributed by atoms with van der Waals surface area (Å²) in [5.41, 5.74) is 0. The first kappa shape index (κ1) is 14.0. The van der Waals surface area contributed by atoms with Gasteiger partial charge in [0.1, 0.15) is 5.01 Å². The second-order valence-electron chi connectivity index (χ2n) is 4.44. The highest BCUT2D eigenvalue weighted by molar-refractivity contribution is 7.09. The highest BCUT2D eigenvalue weighted by Crippen LogP contribution is 2.24. The third-order valence-electron chi connectivity index (χ3n) is 3.01. The van der Waals surface area contributed by atoms with Gasteiger partial charge in [-0.1, -0.05) is 6.92 Å². The van der Waals surface area contributed by atoms with E-state index in [1.165, 1.54) is 0 Å². The fourth-order valence-electron chi connectivity index (χ4n) is 2.00. The van der Waals surface area contributed by atoms with Crippen LogP contribution < -0.4 is 5.32 Å². The van der Waals surface area contributed by atoms with Gasteiger partial charge in [0.25, 0.3) is 0 Å². The predicted molar refractivity (Wildman–Crippen MR) is 77.6 cm³/mol. The summed E-state index contributed by atoms with van der Waals surface area (Å²) in [5.74, 6) is 0.867. The van der Waals surface area contributed by atoms with Crippen molar-refractivity contribution in [2.24, 2.45) is 0 Å². The number of nitrogens with zero attached hydrogens (tertiary/aromatic N) is 3. The summed E-state index contributed by atoms with van der Waals surface area (Å²) in [6, 6.07) is 0.458. The van der Waals surface area contributed by atoms with Gasteiger partial charge in [-0.2, -0.15) is 0 Å². The van der Waals surface area contributed by atoms with Gasteiger partial charge in [-0.15, -0.1) is 11.3 Å². The van der Waals surface area contributed by atoms with Gasteiger partial charge in [0.2, 0.25) is 5.95 Å². The molecule has 5 nitrogen and oxygen atoms in total. The van der Waals surface area contributed by atoms with E-state index in [1.807, 2.05) is 24.0 Å². The van der Waals surface area contributed by atoms with Crippen molar-refractivity contribution in [2.45, 2.75) is 32.4 Å². The van der Waals surface area contributed by atoms with Crippen LogP contribution >= 0.6 is 11.3 Å². The Morgan fingerprint density at radius 1 is 1.42 bits per heavy atom. The van der Waals surface area contributed by atoms with E-state index in [2.05, 4.69) is 33.7 Å². The number of nitrogens with one attached hydrogen (secondary N) is 1. The van der Waals surface area contributed by atoms with Gasteiger partial charge in [0.05, 0.1) is 18.7 Å². The highest BCUT2D eigenvalue weighted by Gasteiger charge is 2.16. The quantitative estimate of drug-likeness (QED) is 0.846. The lowest BCUT2D eigenvalue weighted by atomic mass is 10.2. The van der Waals surface area contributed by atoms with Crippen LogP contribution in [0.25, 0.3) is 0 Å². The summed E-state index contributed by atoms with van der Waals surface area (Å²) in [7, 11) is 1.71. The molecule has 0 aromatic carbocycles. The van der Waals surface area contributed by atoms with Gasteiger partial charge in [-0.05, 0) is 13.3 Å². The van der Waals surface area contributed by atoms with Crippen LogP contribution in [-0.2, 0) is 4.74 Å². The summed E-state index contributed by atoms with van der Waals surface area (Å²) in [5, 5.41) is 6.56. The molecule has 0 radical (unpaired) electrons. The molecular formula is C13H20N4OS. The maximum absolute atomic E-state index is 5.20. The molecule has 2 rings (SSSR count). The summed E-state index contributed by atoms with van der Waals surface area (Å²) in [4.78, 5) is 8.76. The maximum atomic E-state index is 5.20. The Morgan fingerprint density at radius 3 is 2.89 bits per heavy atom. The minimum Gasteiger partial charge on any atom is -0.383 e. The molecule has 0 bridgehead atoms. The molecule has 19 heavy (non-hydrogen) atoms. The van der Waals surface area contributed by atoms with Gasteiger partial charge in [0.15, 0.2) is 0 Å². The Balaban J connectivity index is 2.12. The smallest absolute Gasteiger partial charge is 0.203 e. The number of aromatic nitrogens is 3. The van der Waals surface area contributed by atoms with Crippen molar-refractivity contribution < 1.29 is 4.74 Å². The molecular weight excluding hydrogens is 260 g/mol. The first-order valence-corrected chi connectivity index (χ1v) is 7.31. The molecule has 0 amide bonds. The van der Waals surface area contributed by atoms with Crippen molar-refractivity contribution in [3.8, 4) is 0 Å². The summed E-state index contributed by atoms with van der Waals surface area (Å²) in [6.45, 7) is 4.92. The first-order chi connectivity index (χ1) is 9.26. The van der Waals surface area contributed by atoms with Crippen molar-refractivity contribution in [3.05, 3.63) is 29.0 Å². The molecule has 0 aliphatic heterocycles. The molecule has 104 valence electrons. The minimum absolute atomic E-state index is 0.205. The molecule has 0 saturated heterocycles. The fraction of sp³-hybridized carbons (Fsp3) is 0.538. The zero-order valence-electron chi connectivity index (χ0n) is 11.5. The van der Waals surface area contributed by atoms with Crippen LogP contribution in [0.4, 0.5) is 5.95 Å². The second kappa shape index (κ2) is 6.68. The van der Waals surface area contributed by atoms with Crippen LogP contribution in [0.15, 0.2) is 24.0 Å². The van der Waals surface area contributed by atoms with Crippen LogP contribution in [0, 0.1) is 0 Å². The maximum Gasteiger partial charge on any atom is 0.203 e. The van der Waals surface area contributed by atoms with Crippen molar-refractivity contribution in [1.82, 2.24) is 14.5 Å². The van der Waals surface area contributed by atoms with Crippen LogP contribution in [0.5, 0.6) is 0 Å². The molecule has 2 aromatic rings. The van der Waals surface area contributed by atoms with Crippen molar-refractivity contribution in [2.75, 3.05) is 19.0 Å². The van der Waals surface area contributed by atoms with Crippen molar-refractivity contribution >= 4 is 17.3 Å². The number of hydrogen-bond acceptors (Lipinski definition) is 5. The molecule has 2 aromatic heterocycles. The number of imidazole rings is 1. The van der Waals surface area contributed by atoms with Gasteiger partial charge in [0, 0.05) is 31.1 Å². The third-order valence-corrected chi connectivity index (χ3v) is 3.90. The molecule has 0 fully saturated rings. The van der Waals surface area contributed by atoms with E-state index in [-0.39, 0.29) is 12.1 Å².